The first-order valence-electron chi connectivity index (χ1n) is 11.0. The van der Waals surface area contributed by atoms with Gasteiger partial charge in [0.15, 0.2) is 11.5 Å². The average Bonchev–Trinajstić information content (AvgIpc) is 2.91. The van der Waals surface area contributed by atoms with E-state index in [1.807, 2.05) is 0 Å². The quantitative estimate of drug-likeness (QED) is 0.0955. The third-order valence-corrected chi connectivity index (χ3v) is 6.61. The lowest BCUT2D eigenvalue weighted by Crippen LogP contribution is -2.17. The summed E-state index contributed by atoms with van der Waals surface area (Å²) in [5.74, 6) is -1.61. The predicted molar refractivity (Wildman–Crippen MR) is 154 cm³/mol. The van der Waals surface area contributed by atoms with Gasteiger partial charge >= 0.3 is 11.9 Å². The van der Waals surface area contributed by atoms with E-state index in [1.54, 1.807) is 78.9 Å². The van der Waals surface area contributed by atoms with Crippen molar-refractivity contribution < 1.29 is 23.9 Å². The molecule has 0 aliphatic heterocycles. The largest absolute Gasteiger partial charge is 0.419 e. The second kappa shape index (κ2) is 12.8. The number of rotatable bonds is 7. The van der Waals surface area contributed by atoms with Crippen molar-refractivity contribution in [3.05, 3.63) is 127 Å². The lowest BCUT2D eigenvalue weighted by molar-refractivity contribution is 0.0682. The molecule has 0 fully saturated rings. The summed E-state index contributed by atoms with van der Waals surface area (Å²) in [4.78, 5) is 37.8. The molecular weight excluding hydrogens is 684 g/mol. The van der Waals surface area contributed by atoms with Crippen LogP contribution in [-0.2, 0) is 0 Å². The third-order valence-electron chi connectivity index (χ3n) is 5.02. The maximum atomic E-state index is 12.8. The Kier molecular flexibility index (Phi) is 9.22. The van der Waals surface area contributed by atoms with Crippen LogP contribution in [0.4, 0.5) is 0 Å². The minimum atomic E-state index is -0.643. The number of hydrogen-bond donors (Lipinski definition) is 1. The third kappa shape index (κ3) is 7.47. The van der Waals surface area contributed by atoms with Crippen molar-refractivity contribution in [3.8, 4) is 11.5 Å². The van der Waals surface area contributed by atoms with Gasteiger partial charge in [0.2, 0.25) is 0 Å². The van der Waals surface area contributed by atoms with Gasteiger partial charge < -0.3 is 9.47 Å². The van der Waals surface area contributed by atoms with Crippen LogP contribution in [0.1, 0.15) is 36.6 Å². The molecular formula is C28H17Br3N2O5. The monoisotopic (exact) mass is 698 g/mol. The summed E-state index contributed by atoms with van der Waals surface area (Å²) >= 11 is 9.98. The van der Waals surface area contributed by atoms with Crippen LogP contribution in [0.15, 0.2) is 110 Å². The second-order valence-corrected chi connectivity index (χ2v) is 10.5. The molecule has 0 bridgehead atoms. The molecule has 0 heterocycles. The van der Waals surface area contributed by atoms with E-state index in [-0.39, 0.29) is 11.5 Å². The number of ether oxygens (including phenoxy) is 2. The van der Waals surface area contributed by atoms with Gasteiger partial charge in [0.05, 0.1) is 17.3 Å². The van der Waals surface area contributed by atoms with Gasteiger partial charge in [0, 0.05) is 19.0 Å². The van der Waals surface area contributed by atoms with E-state index in [0.29, 0.717) is 22.3 Å². The molecule has 190 valence electrons. The number of amides is 1. The number of nitrogens with zero attached hydrogens (tertiary/aromatic N) is 1. The molecule has 0 saturated carbocycles. The number of esters is 2. The molecule has 4 rings (SSSR count). The Morgan fingerprint density at radius 3 is 1.55 bits per heavy atom. The number of carbonyl (C=O) groups is 3. The lowest BCUT2D eigenvalue weighted by Gasteiger charge is -2.12. The van der Waals surface area contributed by atoms with Crippen LogP contribution in [0.5, 0.6) is 11.5 Å². The van der Waals surface area contributed by atoms with Gasteiger partial charge in [0.25, 0.3) is 5.91 Å². The van der Waals surface area contributed by atoms with Crippen molar-refractivity contribution in [2.24, 2.45) is 5.10 Å². The molecule has 0 aliphatic rings. The van der Waals surface area contributed by atoms with Crippen LogP contribution < -0.4 is 14.9 Å². The van der Waals surface area contributed by atoms with E-state index in [9.17, 15) is 14.4 Å². The summed E-state index contributed by atoms with van der Waals surface area (Å²) in [6, 6.07) is 24.6. The minimum Gasteiger partial charge on any atom is -0.419 e. The van der Waals surface area contributed by atoms with E-state index in [4.69, 9.17) is 9.47 Å². The normalized spacial score (nSPS) is 10.7. The van der Waals surface area contributed by atoms with Crippen molar-refractivity contribution >= 4 is 71.9 Å². The molecule has 38 heavy (non-hydrogen) atoms. The van der Waals surface area contributed by atoms with Gasteiger partial charge in [-0.1, -0.05) is 47.8 Å². The van der Waals surface area contributed by atoms with Crippen molar-refractivity contribution in [3.63, 3.8) is 0 Å². The molecule has 0 spiro atoms. The van der Waals surface area contributed by atoms with E-state index < -0.39 is 17.8 Å². The highest BCUT2D eigenvalue weighted by molar-refractivity contribution is 9.11. The fourth-order valence-electron chi connectivity index (χ4n) is 3.09. The first kappa shape index (κ1) is 27.4. The fourth-order valence-corrected chi connectivity index (χ4v) is 3.88. The van der Waals surface area contributed by atoms with Gasteiger partial charge in [-0.3, -0.25) is 4.79 Å². The van der Waals surface area contributed by atoms with E-state index in [2.05, 4.69) is 58.3 Å². The first-order valence-corrected chi connectivity index (χ1v) is 13.3. The van der Waals surface area contributed by atoms with Crippen LogP contribution in [0.3, 0.4) is 0 Å². The topological polar surface area (TPSA) is 94.1 Å². The zero-order chi connectivity index (χ0) is 27.1. The highest BCUT2D eigenvalue weighted by Crippen LogP contribution is 2.30. The van der Waals surface area contributed by atoms with Crippen LogP contribution in [0.2, 0.25) is 0 Å². The zero-order valence-electron chi connectivity index (χ0n) is 19.4. The Morgan fingerprint density at radius 1 is 0.605 bits per heavy atom. The van der Waals surface area contributed by atoms with Crippen LogP contribution in [0.25, 0.3) is 0 Å². The fraction of sp³-hybridized carbons (Fsp3) is 0. The SMILES string of the molecule is O=C(N/N=C\c1ccc(OC(=O)c2ccc(Br)cc2)c(OC(=O)c2ccc(Br)cc2)c1)c1ccc(Br)cc1. The van der Waals surface area contributed by atoms with Crippen molar-refractivity contribution in [1.29, 1.82) is 0 Å². The summed E-state index contributed by atoms with van der Waals surface area (Å²) in [5.41, 5.74) is 3.99. The van der Waals surface area contributed by atoms with Crippen LogP contribution >= 0.6 is 47.8 Å². The molecule has 0 atom stereocenters. The molecule has 1 N–H and O–H groups in total. The molecule has 0 aliphatic carbocycles. The van der Waals surface area contributed by atoms with Crippen molar-refractivity contribution in [2.45, 2.75) is 0 Å². The number of hydrogen-bond acceptors (Lipinski definition) is 6. The highest BCUT2D eigenvalue weighted by atomic mass is 79.9. The molecule has 7 nitrogen and oxygen atoms in total. The van der Waals surface area contributed by atoms with E-state index in [0.717, 1.165) is 13.4 Å². The van der Waals surface area contributed by atoms with Crippen molar-refractivity contribution in [2.75, 3.05) is 0 Å². The Bertz CT molecular complexity index is 1500. The molecule has 10 heteroatoms. The van der Waals surface area contributed by atoms with E-state index in [1.165, 1.54) is 18.3 Å². The van der Waals surface area contributed by atoms with E-state index >= 15 is 0 Å². The Morgan fingerprint density at radius 2 is 1.05 bits per heavy atom. The van der Waals surface area contributed by atoms with Crippen LogP contribution in [0, 0.1) is 0 Å². The molecule has 1 amide bonds. The highest BCUT2D eigenvalue weighted by Gasteiger charge is 2.17. The predicted octanol–water partition coefficient (Wildman–Crippen LogP) is 7.18. The molecule has 4 aromatic carbocycles. The number of halogens is 3. The number of hydrazone groups is 1. The maximum Gasteiger partial charge on any atom is 0.343 e. The van der Waals surface area contributed by atoms with Crippen LogP contribution in [-0.4, -0.2) is 24.1 Å². The van der Waals surface area contributed by atoms with Gasteiger partial charge in [-0.05, 0) is 96.6 Å². The van der Waals surface area contributed by atoms with Crippen molar-refractivity contribution in [1.82, 2.24) is 5.43 Å². The number of benzene rings is 4. The Hall–Kier alpha value is -3.60. The summed E-state index contributed by atoms with van der Waals surface area (Å²) in [5, 5.41) is 3.98. The molecule has 0 radical (unpaired) electrons. The molecule has 0 unspecified atom stereocenters. The number of carbonyl (C=O) groups excluding carboxylic acids is 3. The number of nitrogens with one attached hydrogen (secondary N) is 1. The summed E-state index contributed by atoms with van der Waals surface area (Å²) in [7, 11) is 0. The first-order chi connectivity index (χ1) is 18.3. The zero-order valence-corrected chi connectivity index (χ0v) is 24.1. The van der Waals surface area contributed by atoms with Gasteiger partial charge in [-0.15, -0.1) is 0 Å². The van der Waals surface area contributed by atoms with Gasteiger partial charge in [-0.2, -0.15) is 5.10 Å². The summed E-state index contributed by atoms with van der Waals surface area (Å²) in [6.07, 6.45) is 1.38. The second-order valence-electron chi connectivity index (χ2n) is 7.71. The smallest absolute Gasteiger partial charge is 0.343 e. The lowest BCUT2D eigenvalue weighted by atomic mass is 10.2. The van der Waals surface area contributed by atoms with Gasteiger partial charge in [0.1, 0.15) is 0 Å². The average molecular weight is 701 g/mol. The minimum absolute atomic E-state index is 0.00608. The summed E-state index contributed by atoms with van der Waals surface area (Å²) < 4.78 is 13.6. The maximum absolute atomic E-state index is 12.8. The molecule has 0 aromatic heterocycles. The summed E-state index contributed by atoms with van der Waals surface area (Å²) in [6.45, 7) is 0. The Labute approximate surface area is 243 Å². The standard InChI is InChI=1S/C28H17Br3N2O5/c29-21-8-2-18(3-9-21)26(34)33-32-16-17-1-14-24(37-27(35)19-4-10-22(30)11-5-19)25(15-17)38-28(36)20-6-12-23(31)13-7-20/h1-16H,(H,33,34)/b32-16-. The van der Waals surface area contributed by atoms with Gasteiger partial charge in [-0.25, -0.2) is 15.0 Å². The Balaban J connectivity index is 1.55. The molecule has 4 aromatic rings. The molecule has 0 saturated heterocycles.